The van der Waals surface area contributed by atoms with Crippen LogP contribution in [-0.2, 0) is 15.7 Å². The fourth-order valence-electron chi connectivity index (χ4n) is 2.27. The van der Waals surface area contributed by atoms with Gasteiger partial charge in [-0.3, -0.25) is 4.79 Å². The van der Waals surface area contributed by atoms with Crippen LogP contribution in [0, 0.1) is 5.82 Å². The number of aromatic nitrogens is 2. The summed E-state index contributed by atoms with van der Waals surface area (Å²) in [6.45, 7) is 1.24. The lowest BCUT2D eigenvalue weighted by Crippen LogP contribution is -2.36. The molecule has 2 N–H and O–H groups in total. The molecule has 8 nitrogen and oxygen atoms in total. The van der Waals surface area contributed by atoms with Crippen LogP contribution >= 0.6 is 11.6 Å². The number of hydrogen-bond donors (Lipinski definition) is 2. The Balaban J connectivity index is 2.49. The van der Waals surface area contributed by atoms with E-state index < -0.39 is 47.2 Å². The van der Waals surface area contributed by atoms with E-state index in [9.17, 15) is 31.9 Å². The second-order valence-corrected chi connectivity index (χ2v) is 5.97. The van der Waals surface area contributed by atoms with Crippen molar-refractivity contribution in [3.63, 3.8) is 0 Å². The molecule has 2 rings (SSSR count). The number of aromatic amines is 1. The summed E-state index contributed by atoms with van der Waals surface area (Å²) in [4.78, 5) is 36.3. The van der Waals surface area contributed by atoms with E-state index in [0.717, 1.165) is 6.07 Å². The van der Waals surface area contributed by atoms with Crippen LogP contribution in [0.5, 0.6) is 5.75 Å². The molecule has 0 saturated carbocycles. The molecule has 1 aromatic heterocycles. The molecular formula is C17H13ClF4N2O6. The van der Waals surface area contributed by atoms with Gasteiger partial charge in [-0.15, -0.1) is 0 Å². The van der Waals surface area contributed by atoms with Gasteiger partial charge in [-0.2, -0.15) is 13.2 Å². The fourth-order valence-corrected chi connectivity index (χ4v) is 2.48. The number of ether oxygens (including phenoxy) is 2. The van der Waals surface area contributed by atoms with Crippen molar-refractivity contribution in [3.05, 3.63) is 67.4 Å². The molecule has 0 aliphatic rings. The number of carboxylic acids is 1. The first kappa shape index (κ1) is 23.0. The van der Waals surface area contributed by atoms with E-state index in [-0.39, 0.29) is 33.8 Å². The highest BCUT2D eigenvalue weighted by molar-refractivity contribution is 6.32. The number of aliphatic carboxylic acids is 1. The summed E-state index contributed by atoms with van der Waals surface area (Å²) >= 11 is 5.86. The largest absolute Gasteiger partial charge is 0.494 e. The summed E-state index contributed by atoms with van der Waals surface area (Å²) in [6.07, 6.45) is -4.27. The summed E-state index contributed by atoms with van der Waals surface area (Å²) < 4.78 is 62.9. The Hall–Kier alpha value is -3.28. The van der Waals surface area contributed by atoms with Gasteiger partial charge in [0.15, 0.2) is 0 Å². The number of nitrogens with one attached hydrogen (secondary N) is 1. The standard InChI is InChI=1S/C17H13ClF4N2O6/c1-2-29-8(3-15(26)27)7-30-12-5-11(10(19)4-9(12)18)24-14(25)6-13(17(20,21)22)23-16(24)28/h3-6H,2,7H2,1H3,(H,23,28)(H,26,27). The van der Waals surface area contributed by atoms with Crippen molar-refractivity contribution in [2.75, 3.05) is 13.2 Å². The number of hydrogen-bond acceptors (Lipinski definition) is 5. The van der Waals surface area contributed by atoms with Crippen LogP contribution in [0.25, 0.3) is 5.69 Å². The van der Waals surface area contributed by atoms with Crippen molar-refractivity contribution in [3.8, 4) is 11.4 Å². The normalized spacial score (nSPS) is 12.0. The minimum absolute atomic E-state index is 0.0960. The van der Waals surface area contributed by atoms with Gasteiger partial charge in [0.25, 0.3) is 5.56 Å². The smallest absolute Gasteiger partial charge is 0.431 e. The zero-order valence-corrected chi connectivity index (χ0v) is 15.8. The maximum atomic E-state index is 14.3. The first-order valence-corrected chi connectivity index (χ1v) is 8.44. The first-order chi connectivity index (χ1) is 13.9. The summed E-state index contributed by atoms with van der Waals surface area (Å²) in [6, 6.07) is 1.59. The fraction of sp³-hybridized carbons (Fsp3) is 0.235. The van der Waals surface area contributed by atoms with Crippen LogP contribution in [0.15, 0.2) is 39.6 Å². The number of carboxylic acid groups (broad SMARTS) is 1. The molecule has 0 unspecified atom stereocenters. The Kier molecular flexibility index (Phi) is 6.92. The Bertz CT molecular complexity index is 1080. The van der Waals surface area contributed by atoms with E-state index in [1.807, 2.05) is 0 Å². The molecule has 0 bridgehead atoms. The van der Waals surface area contributed by atoms with Gasteiger partial charge in [0.1, 0.15) is 29.6 Å². The van der Waals surface area contributed by atoms with Crippen molar-refractivity contribution < 1.29 is 36.9 Å². The molecule has 1 heterocycles. The van der Waals surface area contributed by atoms with Gasteiger partial charge < -0.3 is 19.6 Å². The van der Waals surface area contributed by atoms with Crippen molar-refractivity contribution in [1.29, 1.82) is 0 Å². The van der Waals surface area contributed by atoms with E-state index in [1.54, 1.807) is 6.92 Å². The van der Waals surface area contributed by atoms with E-state index in [0.29, 0.717) is 12.1 Å². The van der Waals surface area contributed by atoms with Crippen LogP contribution in [0.4, 0.5) is 17.6 Å². The van der Waals surface area contributed by atoms with Crippen molar-refractivity contribution in [1.82, 2.24) is 9.55 Å². The Labute approximate surface area is 169 Å². The summed E-state index contributed by atoms with van der Waals surface area (Å²) in [5.41, 5.74) is -5.31. The molecule has 13 heteroatoms. The number of alkyl halides is 3. The number of benzene rings is 1. The lowest BCUT2D eigenvalue weighted by atomic mass is 10.2. The monoisotopic (exact) mass is 452 g/mol. The van der Waals surface area contributed by atoms with E-state index in [4.69, 9.17) is 26.2 Å². The third-order valence-corrected chi connectivity index (χ3v) is 3.76. The van der Waals surface area contributed by atoms with Crippen LogP contribution in [-0.4, -0.2) is 33.8 Å². The van der Waals surface area contributed by atoms with Crippen molar-refractivity contribution in [2.45, 2.75) is 13.1 Å². The predicted molar refractivity (Wildman–Crippen MR) is 95.5 cm³/mol. The molecule has 0 atom stereocenters. The lowest BCUT2D eigenvalue weighted by Gasteiger charge is -2.14. The predicted octanol–water partition coefficient (Wildman–Crippen LogP) is 2.72. The van der Waals surface area contributed by atoms with E-state index in [1.165, 1.54) is 4.98 Å². The van der Waals surface area contributed by atoms with Gasteiger partial charge in [0.05, 0.1) is 23.4 Å². The maximum Gasteiger partial charge on any atom is 0.431 e. The third kappa shape index (κ3) is 5.41. The Morgan fingerprint density at radius 2 is 1.97 bits per heavy atom. The van der Waals surface area contributed by atoms with Crippen LogP contribution in [0.1, 0.15) is 12.6 Å². The summed E-state index contributed by atoms with van der Waals surface area (Å²) in [7, 11) is 0. The Morgan fingerprint density at radius 1 is 1.30 bits per heavy atom. The van der Waals surface area contributed by atoms with Crippen LogP contribution in [0.2, 0.25) is 5.02 Å². The lowest BCUT2D eigenvalue weighted by molar-refractivity contribution is -0.141. The second-order valence-electron chi connectivity index (χ2n) is 5.56. The molecule has 0 spiro atoms. The number of rotatable bonds is 7. The zero-order valence-electron chi connectivity index (χ0n) is 15.0. The van der Waals surface area contributed by atoms with Crippen LogP contribution in [0.3, 0.4) is 0 Å². The molecule has 1 aromatic carbocycles. The molecule has 0 fully saturated rings. The van der Waals surface area contributed by atoms with E-state index in [2.05, 4.69) is 0 Å². The zero-order chi connectivity index (χ0) is 22.6. The van der Waals surface area contributed by atoms with Crippen molar-refractivity contribution in [2.24, 2.45) is 0 Å². The molecule has 2 aromatic rings. The number of nitrogens with zero attached hydrogens (tertiary/aromatic N) is 1. The number of carbonyl (C=O) groups is 1. The second kappa shape index (κ2) is 9.03. The minimum atomic E-state index is -4.99. The minimum Gasteiger partial charge on any atom is -0.494 e. The van der Waals surface area contributed by atoms with E-state index >= 15 is 0 Å². The van der Waals surface area contributed by atoms with Gasteiger partial charge in [0, 0.05) is 12.1 Å². The highest BCUT2D eigenvalue weighted by Gasteiger charge is 2.33. The van der Waals surface area contributed by atoms with Gasteiger partial charge in [-0.05, 0) is 13.0 Å². The molecule has 0 radical (unpaired) electrons. The Morgan fingerprint density at radius 3 is 2.50 bits per heavy atom. The summed E-state index contributed by atoms with van der Waals surface area (Å²) in [5.74, 6) is -2.91. The highest BCUT2D eigenvalue weighted by atomic mass is 35.5. The van der Waals surface area contributed by atoms with Gasteiger partial charge >= 0.3 is 17.8 Å². The highest BCUT2D eigenvalue weighted by Crippen LogP contribution is 2.30. The topological polar surface area (TPSA) is 111 Å². The molecule has 30 heavy (non-hydrogen) atoms. The third-order valence-electron chi connectivity index (χ3n) is 3.46. The SMILES string of the molecule is CCOC(=CC(=O)O)COc1cc(-n2c(=O)cc(C(F)(F)F)[nH]c2=O)c(F)cc1Cl. The average Bonchev–Trinajstić information content (AvgIpc) is 2.60. The van der Waals surface area contributed by atoms with Gasteiger partial charge in [-0.1, -0.05) is 11.6 Å². The van der Waals surface area contributed by atoms with Crippen LogP contribution < -0.4 is 16.0 Å². The number of H-pyrrole nitrogens is 1. The molecule has 0 saturated heterocycles. The average molecular weight is 453 g/mol. The molecule has 0 amide bonds. The maximum absolute atomic E-state index is 14.3. The summed E-state index contributed by atoms with van der Waals surface area (Å²) in [5, 5.41) is 8.48. The molecular weight excluding hydrogens is 440 g/mol. The van der Waals surface area contributed by atoms with Gasteiger partial charge in [0.2, 0.25) is 0 Å². The first-order valence-electron chi connectivity index (χ1n) is 8.06. The van der Waals surface area contributed by atoms with Crippen molar-refractivity contribution >= 4 is 17.6 Å². The molecule has 0 aliphatic heterocycles. The van der Waals surface area contributed by atoms with Gasteiger partial charge in [-0.25, -0.2) is 18.5 Å². The number of halogens is 5. The molecule has 0 aliphatic carbocycles. The molecule has 162 valence electrons. The quantitative estimate of drug-likeness (QED) is 0.380.